The highest BCUT2D eigenvalue weighted by Crippen LogP contribution is 2.19. The molecule has 0 spiro atoms. The van der Waals surface area contributed by atoms with E-state index in [2.05, 4.69) is 22.0 Å². The third-order valence-corrected chi connectivity index (χ3v) is 2.32. The van der Waals surface area contributed by atoms with Crippen LogP contribution in [0, 0.1) is 0 Å². The second-order valence-electron chi connectivity index (χ2n) is 3.61. The van der Waals surface area contributed by atoms with Crippen molar-refractivity contribution in [2.24, 2.45) is 5.73 Å². The van der Waals surface area contributed by atoms with Crippen molar-refractivity contribution >= 4 is 0 Å². The summed E-state index contributed by atoms with van der Waals surface area (Å²) in [6, 6.07) is 3.65. The van der Waals surface area contributed by atoms with Gasteiger partial charge in [-0.15, -0.1) is 0 Å². The van der Waals surface area contributed by atoms with E-state index in [1.54, 1.807) is 13.1 Å². The fourth-order valence-corrected chi connectivity index (χ4v) is 1.44. The average molecular weight is 218 g/mol. The predicted molar refractivity (Wildman–Crippen MR) is 59.5 cm³/mol. The maximum absolute atomic E-state index is 5.66. The number of nitrogens with two attached hydrogens (primary N) is 1. The van der Waals surface area contributed by atoms with E-state index in [9.17, 15) is 0 Å². The molecule has 2 heterocycles. The van der Waals surface area contributed by atoms with E-state index in [1.165, 1.54) is 0 Å². The number of hydrogen-bond acceptors (Lipinski definition) is 5. The van der Waals surface area contributed by atoms with Gasteiger partial charge >= 0.3 is 0 Å². The summed E-state index contributed by atoms with van der Waals surface area (Å²) < 4.78 is 5.05. The summed E-state index contributed by atoms with van der Waals surface area (Å²) in [5.74, 6) is 0.937. The molecule has 0 saturated carbocycles. The molecule has 0 aliphatic rings. The van der Waals surface area contributed by atoms with E-state index in [0.29, 0.717) is 11.7 Å². The van der Waals surface area contributed by atoms with Gasteiger partial charge in [0, 0.05) is 6.20 Å². The Morgan fingerprint density at radius 2 is 2.31 bits per heavy atom. The first-order chi connectivity index (χ1) is 7.72. The summed E-state index contributed by atoms with van der Waals surface area (Å²) in [7, 11) is 0. The minimum atomic E-state index is -0.255. The van der Waals surface area contributed by atoms with E-state index >= 15 is 0 Å². The Labute approximate surface area is 93.7 Å². The Hall–Kier alpha value is -1.75. The van der Waals surface area contributed by atoms with Crippen molar-refractivity contribution in [2.75, 3.05) is 0 Å². The first-order valence-electron chi connectivity index (χ1n) is 5.25. The third-order valence-electron chi connectivity index (χ3n) is 2.32. The molecule has 1 atom stereocenters. The summed E-state index contributed by atoms with van der Waals surface area (Å²) in [5.41, 5.74) is 7.52. The van der Waals surface area contributed by atoms with Crippen molar-refractivity contribution in [3.63, 3.8) is 0 Å². The highest BCUT2D eigenvalue weighted by Gasteiger charge is 2.14. The third kappa shape index (κ3) is 1.94. The Balaban J connectivity index is 2.42. The molecule has 0 bridgehead atoms. The van der Waals surface area contributed by atoms with Gasteiger partial charge in [0.2, 0.25) is 11.7 Å². The molecule has 5 heteroatoms. The summed E-state index contributed by atoms with van der Waals surface area (Å²) >= 11 is 0. The predicted octanol–water partition coefficient (Wildman–Crippen LogP) is 1.71. The molecule has 5 nitrogen and oxygen atoms in total. The Kier molecular flexibility index (Phi) is 2.96. The molecule has 0 radical (unpaired) electrons. The quantitative estimate of drug-likeness (QED) is 0.848. The van der Waals surface area contributed by atoms with Crippen molar-refractivity contribution in [3.8, 4) is 11.5 Å². The molecule has 0 aliphatic carbocycles. The minimum absolute atomic E-state index is 0.255. The van der Waals surface area contributed by atoms with Crippen LogP contribution in [-0.2, 0) is 6.42 Å². The van der Waals surface area contributed by atoms with Crippen molar-refractivity contribution in [1.29, 1.82) is 0 Å². The van der Waals surface area contributed by atoms with Crippen molar-refractivity contribution in [2.45, 2.75) is 26.3 Å². The molecule has 0 fully saturated rings. The van der Waals surface area contributed by atoms with E-state index in [4.69, 9.17) is 10.3 Å². The van der Waals surface area contributed by atoms with Gasteiger partial charge < -0.3 is 10.3 Å². The lowest BCUT2D eigenvalue weighted by Crippen LogP contribution is -2.05. The number of aryl methyl sites for hydroxylation is 1. The molecular weight excluding hydrogens is 204 g/mol. The zero-order chi connectivity index (χ0) is 11.5. The molecule has 84 valence electrons. The van der Waals surface area contributed by atoms with Gasteiger partial charge in [0.25, 0.3) is 0 Å². The number of aromatic nitrogens is 3. The Morgan fingerprint density at radius 1 is 1.50 bits per heavy atom. The van der Waals surface area contributed by atoms with Gasteiger partial charge in [-0.2, -0.15) is 4.98 Å². The molecule has 0 aromatic carbocycles. The molecule has 2 aromatic rings. The number of hydrogen-bond donors (Lipinski definition) is 1. The van der Waals surface area contributed by atoms with Crippen molar-refractivity contribution in [3.05, 3.63) is 29.8 Å². The maximum Gasteiger partial charge on any atom is 0.243 e. The second kappa shape index (κ2) is 4.40. The highest BCUT2D eigenvalue weighted by molar-refractivity contribution is 5.53. The van der Waals surface area contributed by atoms with Gasteiger partial charge in [0.15, 0.2) is 0 Å². The van der Waals surface area contributed by atoms with E-state index in [1.807, 2.05) is 12.1 Å². The normalized spacial score (nSPS) is 12.7. The smallest absolute Gasteiger partial charge is 0.243 e. The van der Waals surface area contributed by atoms with Gasteiger partial charge in [-0.3, -0.25) is 4.98 Å². The van der Waals surface area contributed by atoms with Crippen molar-refractivity contribution < 1.29 is 4.52 Å². The van der Waals surface area contributed by atoms with Crippen LogP contribution < -0.4 is 5.73 Å². The molecule has 2 rings (SSSR count). The van der Waals surface area contributed by atoms with Gasteiger partial charge in [0.05, 0.1) is 6.04 Å². The van der Waals surface area contributed by atoms with Crippen LogP contribution in [0.5, 0.6) is 0 Å². The summed E-state index contributed by atoms with van der Waals surface area (Å²) in [4.78, 5) is 8.49. The SMILES string of the molecule is CCc1cccnc1-c1noc(C(C)N)n1. The van der Waals surface area contributed by atoms with Crippen LogP contribution in [0.3, 0.4) is 0 Å². The van der Waals surface area contributed by atoms with Gasteiger partial charge in [-0.05, 0) is 25.0 Å². The zero-order valence-corrected chi connectivity index (χ0v) is 9.34. The fraction of sp³-hybridized carbons (Fsp3) is 0.364. The number of rotatable bonds is 3. The van der Waals surface area contributed by atoms with Crippen LogP contribution in [0.2, 0.25) is 0 Å². The molecule has 2 aromatic heterocycles. The monoisotopic (exact) mass is 218 g/mol. The highest BCUT2D eigenvalue weighted by atomic mass is 16.5. The Morgan fingerprint density at radius 3 is 2.94 bits per heavy atom. The van der Waals surface area contributed by atoms with Crippen LogP contribution in [-0.4, -0.2) is 15.1 Å². The van der Waals surface area contributed by atoms with E-state index in [-0.39, 0.29) is 6.04 Å². The maximum atomic E-state index is 5.66. The largest absolute Gasteiger partial charge is 0.337 e. The second-order valence-corrected chi connectivity index (χ2v) is 3.61. The molecular formula is C11H14N4O. The fourth-order valence-electron chi connectivity index (χ4n) is 1.44. The molecule has 0 aliphatic heterocycles. The molecule has 0 amide bonds. The topological polar surface area (TPSA) is 77.8 Å². The summed E-state index contributed by atoms with van der Waals surface area (Å²) in [6.45, 7) is 3.86. The number of pyridine rings is 1. The van der Waals surface area contributed by atoms with Gasteiger partial charge in [0.1, 0.15) is 5.69 Å². The standard InChI is InChI=1S/C11H14N4O/c1-3-8-5-4-6-13-9(8)10-14-11(7(2)12)16-15-10/h4-7H,3,12H2,1-2H3. The first-order valence-corrected chi connectivity index (χ1v) is 5.25. The van der Waals surface area contributed by atoms with E-state index in [0.717, 1.165) is 17.7 Å². The molecule has 1 unspecified atom stereocenters. The lowest BCUT2D eigenvalue weighted by atomic mass is 10.1. The zero-order valence-electron chi connectivity index (χ0n) is 9.34. The summed E-state index contributed by atoms with van der Waals surface area (Å²) in [5, 5.41) is 3.89. The molecule has 2 N–H and O–H groups in total. The molecule has 16 heavy (non-hydrogen) atoms. The Bertz CT molecular complexity index is 478. The van der Waals surface area contributed by atoms with E-state index < -0.39 is 0 Å². The molecule has 0 saturated heterocycles. The summed E-state index contributed by atoms with van der Waals surface area (Å²) in [6.07, 6.45) is 2.60. The van der Waals surface area contributed by atoms with Crippen molar-refractivity contribution in [1.82, 2.24) is 15.1 Å². The average Bonchev–Trinajstić information content (AvgIpc) is 2.78. The van der Waals surface area contributed by atoms with Gasteiger partial charge in [-0.1, -0.05) is 18.1 Å². The van der Waals surface area contributed by atoms with Crippen LogP contribution in [0.15, 0.2) is 22.9 Å². The minimum Gasteiger partial charge on any atom is -0.337 e. The van der Waals surface area contributed by atoms with Gasteiger partial charge in [-0.25, -0.2) is 0 Å². The lowest BCUT2D eigenvalue weighted by molar-refractivity contribution is 0.362. The van der Waals surface area contributed by atoms with Crippen LogP contribution in [0.1, 0.15) is 31.3 Å². The first kappa shape index (κ1) is 10.8. The van der Waals surface area contributed by atoms with Crippen LogP contribution >= 0.6 is 0 Å². The van der Waals surface area contributed by atoms with Crippen LogP contribution in [0.4, 0.5) is 0 Å². The van der Waals surface area contributed by atoms with Crippen LogP contribution in [0.25, 0.3) is 11.5 Å². The lowest BCUT2D eigenvalue weighted by Gasteiger charge is -2.00. The number of nitrogens with zero attached hydrogens (tertiary/aromatic N) is 3.